The van der Waals surface area contributed by atoms with Gasteiger partial charge in [-0.3, -0.25) is 9.36 Å². The quantitative estimate of drug-likeness (QED) is 0.355. The van der Waals surface area contributed by atoms with Crippen LogP contribution in [-0.4, -0.2) is 35.9 Å². The average molecular weight is 506 g/mol. The van der Waals surface area contributed by atoms with Crippen LogP contribution < -0.4 is 4.74 Å². The van der Waals surface area contributed by atoms with Crippen molar-refractivity contribution in [1.29, 1.82) is 0 Å². The van der Waals surface area contributed by atoms with Crippen LogP contribution in [-0.2, 0) is 15.7 Å². The van der Waals surface area contributed by atoms with E-state index < -0.39 is 0 Å². The van der Waals surface area contributed by atoms with Gasteiger partial charge in [0.1, 0.15) is 5.75 Å². The Morgan fingerprint density at radius 3 is 2.22 bits per heavy atom. The molecule has 1 saturated heterocycles. The number of hydrogen-bond donors (Lipinski definition) is 0. The lowest BCUT2D eigenvalue weighted by molar-refractivity contribution is -0.109. The van der Waals surface area contributed by atoms with Gasteiger partial charge in [0.2, 0.25) is 0 Å². The summed E-state index contributed by atoms with van der Waals surface area (Å²) in [5.41, 5.74) is 3.38. The molecule has 0 amide bonds. The van der Waals surface area contributed by atoms with Crippen LogP contribution >= 0.6 is 11.6 Å². The number of aromatic nitrogens is 1. The lowest BCUT2D eigenvalue weighted by Crippen LogP contribution is -2.64. The second kappa shape index (κ2) is 7.62. The summed E-state index contributed by atoms with van der Waals surface area (Å²) in [5, 5.41) is 1.82. The van der Waals surface area contributed by atoms with E-state index in [-0.39, 0.29) is 35.0 Å². The fourth-order valence-corrected chi connectivity index (χ4v) is 6.91. The smallest absolute Gasteiger partial charge is 0.464 e. The maximum atomic E-state index is 13.6. The van der Waals surface area contributed by atoms with Gasteiger partial charge in [0.15, 0.2) is 0 Å². The summed E-state index contributed by atoms with van der Waals surface area (Å²) in [7, 11) is 1.54. The fraction of sp³-hybridized carbons (Fsp3) is 0.483. The summed E-state index contributed by atoms with van der Waals surface area (Å²) < 4.78 is 20.2. The molecule has 0 radical (unpaired) electrons. The molecule has 3 saturated carbocycles. The number of halogens is 1. The molecule has 0 atom stereocenters. The first-order chi connectivity index (χ1) is 16.9. The second-order valence-corrected chi connectivity index (χ2v) is 12.7. The zero-order valence-electron chi connectivity index (χ0n) is 21.9. The van der Waals surface area contributed by atoms with Crippen molar-refractivity contribution in [2.75, 3.05) is 7.11 Å². The third kappa shape index (κ3) is 3.34. The number of fused-ring (bicyclic) bond motifs is 1. The Hall–Kier alpha value is -2.28. The molecule has 0 N–H and O–H groups in total. The highest BCUT2D eigenvalue weighted by molar-refractivity contribution is 6.51. The third-order valence-electron chi connectivity index (χ3n) is 9.32. The molecule has 3 aromatic rings. The van der Waals surface area contributed by atoms with Crippen molar-refractivity contribution in [3.05, 3.63) is 64.3 Å². The van der Waals surface area contributed by atoms with Crippen LogP contribution in [0.3, 0.4) is 0 Å². The van der Waals surface area contributed by atoms with Crippen LogP contribution in [0.25, 0.3) is 10.9 Å². The van der Waals surface area contributed by atoms with Gasteiger partial charge in [-0.25, -0.2) is 0 Å². The topological polar surface area (TPSA) is 49.7 Å². The minimum Gasteiger partial charge on any atom is -0.497 e. The molecule has 1 aromatic heterocycles. The van der Waals surface area contributed by atoms with Crippen LogP contribution in [0, 0.1) is 12.3 Å². The van der Waals surface area contributed by atoms with Crippen molar-refractivity contribution in [2.45, 2.75) is 76.8 Å². The van der Waals surface area contributed by atoms with Crippen molar-refractivity contribution < 1.29 is 18.8 Å². The third-order valence-corrected chi connectivity index (χ3v) is 9.57. The maximum Gasteiger partial charge on any atom is 0.464 e. The van der Waals surface area contributed by atoms with Gasteiger partial charge in [-0.15, -0.1) is 0 Å². The first-order valence-electron chi connectivity index (χ1n) is 12.7. The van der Waals surface area contributed by atoms with Crippen LogP contribution in [0.15, 0.2) is 42.5 Å². The molecular formula is C29H33BClNO4. The van der Waals surface area contributed by atoms with Gasteiger partial charge in [-0.2, -0.15) is 0 Å². The van der Waals surface area contributed by atoms with Gasteiger partial charge < -0.3 is 14.0 Å². The molecule has 4 aliphatic rings. The van der Waals surface area contributed by atoms with E-state index in [4.69, 9.17) is 25.6 Å². The maximum absolute atomic E-state index is 13.6. The standard InChI is InChI=1S/C29H33BClNO4/c1-18-23(14-28-15-29(16-28,17-28)30-35-26(2,3)27(4,5)36-30)22-13-21(34-6)11-12-24(22)32(18)25(33)19-7-9-20(31)10-8-19/h7-13H,14-17H2,1-6H3. The Morgan fingerprint density at radius 1 is 1.03 bits per heavy atom. The van der Waals surface area contributed by atoms with Gasteiger partial charge in [0, 0.05) is 27.0 Å². The summed E-state index contributed by atoms with van der Waals surface area (Å²) >= 11 is 6.07. The number of hydrogen-bond acceptors (Lipinski definition) is 4. The molecule has 2 bridgehead atoms. The summed E-state index contributed by atoms with van der Waals surface area (Å²) in [6.45, 7) is 10.6. The minimum absolute atomic E-state index is 0.0446. The fourth-order valence-electron chi connectivity index (χ4n) is 6.79. The molecule has 5 nitrogen and oxygen atoms in total. The highest BCUT2D eigenvalue weighted by Crippen LogP contribution is 2.81. The van der Waals surface area contributed by atoms with E-state index in [1.165, 1.54) is 5.56 Å². The number of nitrogens with zero attached hydrogens (tertiary/aromatic N) is 1. The molecule has 0 unspecified atom stereocenters. The lowest BCUT2D eigenvalue weighted by Gasteiger charge is -2.71. The van der Waals surface area contributed by atoms with Gasteiger partial charge >= 0.3 is 7.12 Å². The summed E-state index contributed by atoms with van der Waals surface area (Å²) in [6, 6.07) is 13.1. The average Bonchev–Trinajstić information content (AvgIpc) is 3.16. The first-order valence-corrected chi connectivity index (χ1v) is 13.1. The van der Waals surface area contributed by atoms with Crippen molar-refractivity contribution in [3.63, 3.8) is 0 Å². The van der Waals surface area contributed by atoms with Gasteiger partial charge in [-0.05, 0) is 114 Å². The normalized spacial score (nSPS) is 27.6. The van der Waals surface area contributed by atoms with E-state index in [1.807, 2.05) is 16.7 Å². The Kier molecular flexibility index (Phi) is 5.10. The van der Waals surface area contributed by atoms with E-state index in [9.17, 15) is 4.79 Å². The van der Waals surface area contributed by atoms with Crippen LogP contribution in [0.2, 0.25) is 10.3 Å². The van der Waals surface area contributed by atoms with Crippen LogP contribution in [0.5, 0.6) is 5.75 Å². The SMILES string of the molecule is COc1ccc2c(c1)c(CC13CC(B4OC(C)(C)C(C)(C)O4)(C1)C3)c(C)n2C(=O)c1ccc(Cl)cc1. The van der Waals surface area contributed by atoms with Crippen molar-refractivity contribution in [2.24, 2.45) is 5.41 Å². The van der Waals surface area contributed by atoms with E-state index in [0.717, 1.165) is 48.0 Å². The Bertz CT molecular complexity index is 1350. The van der Waals surface area contributed by atoms with Crippen LogP contribution in [0.1, 0.15) is 68.6 Å². The van der Waals surface area contributed by atoms with Gasteiger partial charge in [0.25, 0.3) is 5.91 Å². The molecular weight excluding hydrogens is 473 g/mol. The molecule has 0 spiro atoms. The van der Waals surface area contributed by atoms with Gasteiger partial charge in [0.05, 0.1) is 23.8 Å². The number of ether oxygens (including phenoxy) is 1. The molecule has 4 fully saturated rings. The van der Waals surface area contributed by atoms with Crippen molar-refractivity contribution in [1.82, 2.24) is 4.57 Å². The summed E-state index contributed by atoms with van der Waals surface area (Å²) in [6.07, 6.45) is 4.22. The van der Waals surface area contributed by atoms with Crippen LogP contribution in [0.4, 0.5) is 0 Å². The number of carbonyl (C=O) groups is 1. The van der Waals surface area contributed by atoms with Crippen molar-refractivity contribution in [3.8, 4) is 5.75 Å². The van der Waals surface area contributed by atoms with Gasteiger partial charge in [-0.1, -0.05) is 11.6 Å². The molecule has 7 rings (SSSR count). The monoisotopic (exact) mass is 505 g/mol. The number of benzene rings is 2. The molecule has 1 aliphatic heterocycles. The Morgan fingerprint density at radius 2 is 1.64 bits per heavy atom. The molecule has 2 heterocycles. The minimum atomic E-state index is -0.303. The molecule has 7 heteroatoms. The number of methoxy groups -OCH3 is 1. The van der Waals surface area contributed by atoms with E-state index in [2.05, 4.69) is 40.7 Å². The summed E-state index contributed by atoms with van der Waals surface area (Å²) in [4.78, 5) is 13.6. The largest absolute Gasteiger partial charge is 0.497 e. The Balaban J connectivity index is 1.31. The summed E-state index contributed by atoms with van der Waals surface area (Å²) in [5.74, 6) is 0.753. The molecule has 3 aliphatic carbocycles. The Labute approximate surface area is 218 Å². The number of carbonyl (C=O) groups excluding carboxylic acids is 1. The predicted octanol–water partition coefficient (Wildman–Crippen LogP) is 6.86. The lowest BCUT2D eigenvalue weighted by atomic mass is 9.23. The highest BCUT2D eigenvalue weighted by Gasteiger charge is 2.76. The zero-order chi connectivity index (χ0) is 25.7. The highest BCUT2D eigenvalue weighted by atomic mass is 35.5. The van der Waals surface area contributed by atoms with Crippen molar-refractivity contribution >= 4 is 35.5 Å². The molecule has 2 aromatic carbocycles. The first kappa shape index (κ1) is 24.1. The second-order valence-electron chi connectivity index (χ2n) is 12.3. The number of rotatable bonds is 5. The van der Waals surface area contributed by atoms with E-state index >= 15 is 0 Å². The van der Waals surface area contributed by atoms with E-state index in [1.54, 1.807) is 31.4 Å². The molecule has 36 heavy (non-hydrogen) atoms. The van der Waals surface area contributed by atoms with E-state index in [0.29, 0.717) is 10.6 Å². The zero-order valence-corrected chi connectivity index (χ0v) is 22.7. The predicted molar refractivity (Wildman–Crippen MR) is 143 cm³/mol. The molecule has 188 valence electrons.